The summed E-state index contributed by atoms with van der Waals surface area (Å²) in [5.74, 6) is 1.61. The molecule has 1 aromatic carbocycles. The smallest absolute Gasteiger partial charge is 0.345 e. The van der Waals surface area contributed by atoms with Crippen molar-refractivity contribution in [1.29, 1.82) is 0 Å². The minimum absolute atomic E-state index is 0.0140. The van der Waals surface area contributed by atoms with E-state index in [1.54, 1.807) is 16.9 Å². The highest BCUT2D eigenvalue weighted by molar-refractivity contribution is 6.31. The van der Waals surface area contributed by atoms with Crippen LogP contribution in [0.15, 0.2) is 29.2 Å². The summed E-state index contributed by atoms with van der Waals surface area (Å²) in [5, 5.41) is 8.66. The molecule has 0 bridgehead atoms. The van der Waals surface area contributed by atoms with E-state index in [-0.39, 0.29) is 11.7 Å². The molecule has 1 atom stereocenters. The SMILES string of the molecule is CN(C)CCn1nc2n(c1=O)CCC(Nc1cnc3cc(Cl)ccc3n1)CC2. The lowest BCUT2D eigenvalue weighted by atomic mass is 10.1. The van der Waals surface area contributed by atoms with Gasteiger partial charge in [0.15, 0.2) is 0 Å². The Morgan fingerprint density at radius 1 is 1.29 bits per heavy atom. The van der Waals surface area contributed by atoms with Gasteiger partial charge in [0.05, 0.1) is 23.8 Å². The van der Waals surface area contributed by atoms with Crippen LogP contribution in [-0.2, 0) is 19.5 Å². The van der Waals surface area contributed by atoms with Crippen molar-refractivity contribution in [2.24, 2.45) is 0 Å². The van der Waals surface area contributed by atoms with Crippen molar-refractivity contribution in [2.45, 2.75) is 38.4 Å². The number of hydrogen-bond acceptors (Lipinski definition) is 6. The Bertz CT molecular complexity index is 1040. The molecule has 2 aromatic heterocycles. The minimum atomic E-state index is -0.0140. The number of aromatic nitrogens is 5. The van der Waals surface area contributed by atoms with Crippen LogP contribution in [0.1, 0.15) is 18.7 Å². The molecule has 148 valence electrons. The van der Waals surface area contributed by atoms with E-state index >= 15 is 0 Å². The molecule has 0 saturated carbocycles. The van der Waals surface area contributed by atoms with Crippen LogP contribution in [0.4, 0.5) is 5.82 Å². The molecule has 0 spiro atoms. The predicted molar refractivity (Wildman–Crippen MR) is 110 cm³/mol. The zero-order valence-corrected chi connectivity index (χ0v) is 16.9. The lowest BCUT2D eigenvalue weighted by Crippen LogP contribution is -2.30. The fraction of sp³-hybridized carbons (Fsp3) is 0.474. The quantitative estimate of drug-likeness (QED) is 0.704. The summed E-state index contributed by atoms with van der Waals surface area (Å²) >= 11 is 6.00. The van der Waals surface area contributed by atoms with Crippen molar-refractivity contribution in [2.75, 3.05) is 26.0 Å². The second-order valence-corrected chi connectivity index (χ2v) is 7.87. The topological polar surface area (TPSA) is 80.9 Å². The molecule has 0 amide bonds. The third-order valence-corrected chi connectivity index (χ3v) is 5.27. The van der Waals surface area contributed by atoms with Crippen molar-refractivity contribution < 1.29 is 0 Å². The van der Waals surface area contributed by atoms with Gasteiger partial charge in [0.25, 0.3) is 0 Å². The molecule has 1 unspecified atom stereocenters. The Balaban J connectivity index is 1.44. The summed E-state index contributed by atoms with van der Waals surface area (Å²) in [6.45, 7) is 2.07. The molecular formula is C19H24ClN7O. The van der Waals surface area contributed by atoms with Gasteiger partial charge in [-0.1, -0.05) is 11.6 Å². The van der Waals surface area contributed by atoms with E-state index < -0.39 is 0 Å². The number of anilines is 1. The monoisotopic (exact) mass is 401 g/mol. The number of nitrogens with zero attached hydrogens (tertiary/aromatic N) is 6. The Morgan fingerprint density at radius 3 is 2.96 bits per heavy atom. The van der Waals surface area contributed by atoms with Gasteiger partial charge in [-0.25, -0.2) is 14.5 Å². The van der Waals surface area contributed by atoms with Crippen molar-refractivity contribution in [1.82, 2.24) is 29.2 Å². The number of benzene rings is 1. The molecule has 0 fully saturated rings. The lowest BCUT2D eigenvalue weighted by molar-refractivity contribution is 0.367. The van der Waals surface area contributed by atoms with E-state index in [9.17, 15) is 4.79 Å². The van der Waals surface area contributed by atoms with Crippen molar-refractivity contribution in [3.63, 3.8) is 0 Å². The fourth-order valence-corrected chi connectivity index (χ4v) is 3.64. The lowest BCUT2D eigenvalue weighted by Gasteiger charge is -2.16. The third kappa shape index (κ3) is 4.02. The molecule has 1 N–H and O–H groups in total. The van der Waals surface area contributed by atoms with Gasteiger partial charge in [-0.15, -0.1) is 0 Å². The fourth-order valence-electron chi connectivity index (χ4n) is 3.48. The average molecular weight is 402 g/mol. The highest BCUT2D eigenvalue weighted by Crippen LogP contribution is 2.20. The van der Waals surface area contributed by atoms with Crippen molar-refractivity contribution >= 4 is 28.5 Å². The summed E-state index contributed by atoms with van der Waals surface area (Å²) < 4.78 is 3.40. The maximum absolute atomic E-state index is 12.6. The number of fused-ring (bicyclic) bond motifs is 2. The van der Waals surface area contributed by atoms with Crippen LogP contribution in [0, 0.1) is 0 Å². The van der Waals surface area contributed by atoms with Crippen LogP contribution in [-0.4, -0.2) is 55.9 Å². The molecule has 3 aromatic rings. The van der Waals surface area contributed by atoms with E-state index in [4.69, 9.17) is 11.6 Å². The molecular weight excluding hydrogens is 378 g/mol. The van der Waals surface area contributed by atoms with Crippen molar-refractivity contribution in [3.8, 4) is 0 Å². The van der Waals surface area contributed by atoms with Crippen LogP contribution < -0.4 is 11.0 Å². The molecule has 1 aliphatic heterocycles. The maximum Gasteiger partial charge on any atom is 0.345 e. The zero-order valence-electron chi connectivity index (χ0n) is 16.1. The number of halogens is 1. The standard InChI is InChI=1S/C19H24ClN7O/c1-25(2)9-10-27-19(28)26-8-7-14(4-6-18(26)24-27)22-17-12-21-16-11-13(20)3-5-15(16)23-17/h3,5,11-12,14H,4,6-10H2,1-2H3,(H,22,23). The Hall–Kier alpha value is -2.45. The van der Waals surface area contributed by atoms with Gasteiger partial charge in [0.2, 0.25) is 0 Å². The highest BCUT2D eigenvalue weighted by atomic mass is 35.5. The van der Waals surface area contributed by atoms with Crippen molar-refractivity contribution in [3.05, 3.63) is 45.7 Å². The molecule has 0 aliphatic carbocycles. The predicted octanol–water partition coefficient (Wildman–Crippen LogP) is 2.02. The highest BCUT2D eigenvalue weighted by Gasteiger charge is 2.21. The molecule has 8 nitrogen and oxygen atoms in total. The summed E-state index contributed by atoms with van der Waals surface area (Å²) in [5.41, 5.74) is 1.57. The summed E-state index contributed by atoms with van der Waals surface area (Å²) in [6.07, 6.45) is 4.23. The van der Waals surface area contributed by atoms with E-state index in [1.165, 1.54) is 0 Å². The first-order valence-electron chi connectivity index (χ1n) is 9.50. The Labute approximate surface area is 168 Å². The largest absolute Gasteiger partial charge is 0.366 e. The van der Waals surface area contributed by atoms with Gasteiger partial charge in [-0.3, -0.25) is 9.55 Å². The molecule has 28 heavy (non-hydrogen) atoms. The van der Waals surface area contributed by atoms with Gasteiger partial charge in [0, 0.05) is 30.6 Å². The van der Waals surface area contributed by atoms with E-state index in [0.29, 0.717) is 18.1 Å². The first kappa shape index (κ1) is 18.9. The molecule has 3 heterocycles. The minimum Gasteiger partial charge on any atom is -0.366 e. The molecule has 0 radical (unpaired) electrons. The number of aryl methyl sites for hydroxylation is 1. The first-order chi connectivity index (χ1) is 13.5. The van der Waals surface area contributed by atoms with Gasteiger partial charge in [-0.2, -0.15) is 5.10 Å². The maximum atomic E-state index is 12.6. The molecule has 0 saturated heterocycles. The average Bonchev–Trinajstić information content (AvgIpc) is 2.83. The third-order valence-electron chi connectivity index (χ3n) is 5.03. The first-order valence-corrected chi connectivity index (χ1v) is 9.87. The summed E-state index contributed by atoms with van der Waals surface area (Å²) in [6, 6.07) is 5.71. The number of nitrogens with one attached hydrogen (secondary N) is 1. The van der Waals surface area contributed by atoms with Crippen LogP contribution in [0.5, 0.6) is 0 Å². The summed E-state index contributed by atoms with van der Waals surface area (Å²) in [4.78, 5) is 23.7. The summed E-state index contributed by atoms with van der Waals surface area (Å²) in [7, 11) is 3.99. The van der Waals surface area contributed by atoms with Gasteiger partial charge in [0.1, 0.15) is 11.6 Å². The van der Waals surface area contributed by atoms with Crippen LogP contribution in [0.25, 0.3) is 11.0 Å². The van der Waals surface area contributed by atoms with Gasteiger partial charge < -0.3 is 10.2 Å². The number of likely N-dealkylation sites (N-methyl/N-ethyl adjacent to an activating group) is 1. The second kappa shape index (κ2) is 7.89. The number of hydrogen-bond donors (Lipinski definition) is 1. The van der Waals surface area contributed by atoms with E-state index in [0.717, 1.165) is 48.5 Å². The van der Waals surface area contributed by atoms with Crippen LogP contribution in [0.2, 0.25) is 5.02 Å². The molecule has 1 aliphatic rings. The molecule has 9 heteroatoms. The van der Waals surface area contributed by atoms with Gasteiger partial charge in [-0.05, 0) is 45.1 Å². The molecule has 4 rings (SSSR count). The number of rotatable bonds is 5. The van der Waals surface area contributed by atoms with E-state index in [2.05, 4.69) is 25.3 Å². The van der Waals surface area contributed by atoms with Crippen LogP contribution >= 0.6 is 11.6 Å². The van der Waals surface area contributed by atoms with Crippen LogP contribution in [0.3, 0.4) is 0 Å². The second-order valence-electron chi connectivity index (χ2n) is 7.43. The Morgan fingerprint density at radius 2 is 2.14 bits per heavy atom. The zero-order chi connectivity index (χ0) is 19.7. The van der Waals surface area contributed by atoms with E-state index in [1.807, 2.05) is 30.8 Å². The normalized spacial score (nSPS) is 16.9. The van der Waals surface area contributed by atoms with Gasteiger partial charge >= 0.3 is 5.69 Å². The Kier molecular flexibility index (Phi) is 5.32.